The monoisotopic (exact) mass is 171 g/mol. The van der Waals surface area contributed by atoms with E-state index >= 15 is 0 Å². The fourth-order valence-electron chi connectivity index (χ4n) is 0.953. The molecule has 0 aliphatic carbocycles. The molecule has 12 heavy (non-hydrogen) atoms. The Hall–Kier alpha value is -0.940. The van der Waals surface area contributed by atoms with Crippen LogP contribution in [-0.4, -0.2) is 24.0 Å². The maximum atomic E-state index is 5.41. The van der Waals surface area contributed by atoms with E-state index in [1.54, 1.807) is 7.11 Å². The second-order valence-electron chi connectivity index (χ2n) is 2.46. The molecule has 0 saturated heterocycles. The lowest BCUT2D eigenvalue weighted by Gasteiger charge is -1.96. The van der Waals surface area contributed by atoms with Crippen molar-refractivity contribution < 1.29 is 9.37 Å². The van der Waals surface area contributed by atoms with E-state index in [1.807, 2.05) is 0 Å². The van der Waals surface area contributed by atoms with Crippen LogP contribution in [-0.2, 0) is 17.7 Å². The van der Waals surface area contributed by atoms with Gasteiger partial charge in [-0.05, 0) is 12.8 Å². The number of methoxy groups -OCH3 is 1. The third-order valence-corrected chi connectivity index (χ3v) is 1.59. The highest BCUT2D eigenvalue weighted by Crippen LogP contribution is 2.04. The average molecular weight is 171 g/mol. The van der Waals surface area contributed by atoms with Crippen molar-refractivity contribution >= 4 is 0 Å². The van der Waals surface area contributed by atoms with Gasteiger partial charge in [-0.3, -0.25) is 0 Å². The minimum absolute atomic E-state index is 0.381. The maximum absolute atomic E-state index is 5.41. The number of rotatable bonds is 5. The number of aromatic nitrogens is 2. The van der Waals surface area contributed by atoms with Gasteiger partial charge in [-0.25, -0.2) is 4.63 Å². The van der Waals surface area contributed by atoms with Crippen LogP contribution in [0.1, 0.15) is 17.8 Å². The molecule has 0 bridgehead atoms. The lowest BCUT2D eigenvalue weighted by atomic mass is 10.2. The first-order valence-corrected chi connectivity index (χ1v) is 3.87. The molecule has 0 amide bonds. The molecule has 0 fully saturated rings. The number of nitrogens with zero attached hydrogens (tertiary/aromatic N) is 2. The number of ether oxygens (including phenoxy) is 1. The molecule has 1 aromatic rings. The molecule has 2 N–H and O–H groups in total. The lowest BCUT2D eigenvalue weighted by molar-refractivity contribution is 0.194. The van der Waals surface area contributed by atoms with E-state index in [-0.39, 0.29) is 0 Å². The molecule has 0 aliphatic rings. The molecule has 0 unspecified atom stereocenters. The Morgan fingerprint density at radius 3 is 2.83 bits per heavy atom. The fourth-order valence-corrected chi connectivity index (χ4v) is 0.953. The van der Waals surface area contributed by atoms with Crippen molar-refractivity contribution in [2.24, 2.45) is 5.73 Å². The minimum atomic E-state index is 0.381. The standard InChI is InChI=1S/C7H13N3O2/c1-11-4-2-3-6-7(5-8)10-12-9-6/h2-5,8H2,1H3. The highest BCUT2D eigenvalue weighted by atomic mass is 16.6. The van der Waals surface area contributed by atoms with Gasteiger partial charge in [0.1, 0.15) is 11.4 Å². The van der Waals surface area contributed by atoms with Crippen molar-refractivity contribution in [3.63, 3.8) is 0 Å². The summed E-state index contributed by atoms with van der Waals surface area (Å²) < 4.78 is 9.45. The summed E-state index contributed by atoms with van der Waals surface area (Å²) in [4.78, 5) is 0. The van der Waals surface area contributed by atoms with Crippen LogP contribution in [0.3, 0.4) is 0 Å². The molecule has 0 atom stereocenters. The summed E-state index contributed by atoms with van der Waals surface area (Å²) in [5.74, 6) is 0. The van der Waals surface area contributed by atoms with E-state index in [1.165, 1.54) is 0 Å². The number of hydrogen-bond donors (Lipinski definition) is 1. The van der Waals surface area contributed by atoms with Gasteiger partial charge in [0.15, 0.2) is 0 Å². The van der Waals surface area contributed by atoms with Crippen LogP contribution in [0.15, 0.2) is 4.63 Å². The van der Waals surface area contributed by atoms with E-state index in [9.17, 15) is 0 Å². The van der Waals surface area contributed by atoms with Crippen LogP contribution in [0.2, 0.25) is 0 Å². The highest BCUT2D eigenvalue weighted by molar-refractivity contribution is 5.06. The van der Waals surface area contributed by atoms with Crippen molar-refractivity contribution in [2.75, 3.05) is 13.7 Å². The predicted molar refractivity (Wildman–Crippen MR) is 42.4 cm³/mol. The molecule has 0 aromatic carbocycles. The first-order valence-electron chi connectivity index (χ1n) is 3.87. The van der Waals surface area contributed by atoms with Gasteiger partial charge < -0.3 is 10.5 Å². The molecular formula is C7H13N3O2. The van der Waals surface area contributed by atoms with E-state index in [4.69, 9.17) is 10.5 Å². The van der Waals surface area contributed by atoms with Crippen LogP contribution in [0.5, 0.6) is 0 Å². The fraction of sp³-hybridized carbons (Fsp3) is 0.714. The molecule has 0 spiro atoms. The first kappa shape index (κ1) is 9.15. The largest absolute Gasteiger partial charge is 0.385 e. The van der Waals surface area contributed by atoms with E-state index < -0.39 is 0 Å². The van der Waals surface area contributed by atoms with E-state index in [2.05, 4.69) is 14.9 Å². The highest BCUT2D eigenvalue weighted by Gasteiger charge is 2.06. The average Bonchev–Trinajstić information content (AvgIpc) is 2.52. The van der Waals surface area contributed by atoms with Crippen LogP contribution in [0.25, 0.3) is 0 Å². The van der Waals surface area contributed by atoms with Crippen LogP contribution >= 0.6 is 0 Å². The van der Waals surface area contributed by atoms with Crippen molar-refractivity contribution in [3.05, 3.63) is 11.4 Å². The molecule has 1 aromatic heterocycles. The van der Waals surface area contributed by atoms with Crippen molar-refractivity contribution in [2.45, 2.75) is 19.4 Å². The summed E-state index contributed by atoms with van der Waals surface area (Å²) in [7, 11) is 1.67. The topological polar surface area (TPSA) is 74.2 Å². The zero-order valence-corrected chi connectivity index (χ0v) is 7.12. The summed E-state index contributed by atoms with van der Waals surface area (Å²) in [6.07, 6.45) is 1.72. The van der Waals surface area contributed by atoms with Gasteiger partial charge in [0.25, 0.3) is 0 Å². The number of hydrogen-bond acceptors (Lipinski definition) is 5. The van der Waals surface area contributed by atoms with Crippen LogP contribution in [0.4, 0.5) is 0 Å². The quantitative estimate of drug-likeness (QED) is 0.636. The Morgan fingerprint density at radius 2 is 2.17 bits per heavy atom. The molecule has 1 heterocycles. The summed E-state index contributed by atoms with van der Waals surface area (Å²) >= 11 is 0. The molecule has 0 radical (unpaired) electrons. The first-order chi connectivity index (χ1) is 5.88. The second-order valence-corrected chi connectivity index (χ2v) is 2.46. The number of nitrogens with two attached hydrogens (primary N) is 1. The van der Waals surface area contributed by atoms with Gasteiger partial charge in [0.2, 0.25) is 0 Å². The van der Waals surface area contributed by atoms with Gasteiger partial charge in [0.05, 0.1) is 0 Å². The van der Waals surface area contributed by atoms with Crippen LogP contribution < -0.4 is 5.73 Å². The summed E-state index contributed by atoms with van der Waals surface area (Å²) in [5.41, 5.74) is 6.99. The molecule has 0 aliphatic heterocycles. The zero-order chi connectivity index (χ0) is 8.81. The smallest absolute Gasteiger partial charge is 0.121 e. The molecule has 5 heteroatoms. The van der Waals surface area contributed by atoms with Gasteiger partial charge >= 0.3 is 0 Å². The van der Waals surface area contributed by atoms with E-state index in [0.29, 0.717) is 6.54 Å². The van der Waals surface area contributed by atoms with Crippen molar-refractivity contribution in [3.8, 4) is 0 Å². The summed E-state index contributed by atoms with van der Waals surface area (Å²) in [5, 5.41) is 7.40. The lowest BCUT2D eigenvalue weighted by Crippen LogP contribution is -2.02. The second kappa shape index (κ2) is 4.84. The SMILES string of the molecule is COCCCc1nonc1CN. The number of aryl methyl sites for hydroxylation is 1. The van der Waals surface area contributed by atoms with Gasteiger partial charge in [-0.15, -0.1) is 0 Å². The Balaban J connectivity index is 2.39. The van der Waals surface area contributed by atoms with Crippen molar-refractivity contribution in [1.29, 1.82) is 0 Å². The van der Waals surface area contributed by atoms with Crippen molar-refractivity contribution in [1.82, 2.24) is 10.3 Å². The van der Waals surface area contributed by atoms with Gasteiger partial charge in [0, 0.05) is 20.3 Å². The third kappa shape index (κ3) is 2.28. The molecular weight excluding hydrogens is 158 g/mol. The molecule has 1 rings (SSSR count). The third-order valence-electron chi connectivity index (χ3n) is 1.59. The summed E-state index contributed by atoms with van der Waals surface area (Å²) in [6, 6.07) is 0. The Kier molecular flexibility index (Phi) is 3.69. The summed E-state index contributed by atoms with van der Waals surface area (Å²) in [6.45, 7) is 1.10. The Bertz CT molecular complexity index is 224. The van der Waals surface area contributed by atoms with Gasteiger partial charge in [-0.1, -0.05) is 10.3 Å². The Labute approximate surface area is 70.8 Å². The molecule has 5 nitrogen and oxygen atoms in total. The van der Waals surface area contributed by atoms with E-state index in [0.717, 1.165) is 30.8 Å². The minimum Gasteiger partial charge on any atom is -0.385 e. The van der Waals surface area contributed by atoms with Crippen LogP contribution in [0, 0.1) is 0 Å². The zero-order valence-electron chi connectivity index (χ0n) is 7.12. The molecule has 68 valence electrons. The molecule has 0 saturated carbocycles. The maximum Gasteiger partial charge on any atom is 0.121 e. The Morgan fingerprint density at radius 1 is 1.42 bits per heavy atom. The van der Waals surface area contributed by atoms with Gasteiger partial charge in [-0.2, -0.15) is 0 Å². The predicted octanol–water partition coefficient (Wildman–Crippen LogP) is 0.107. The normalized spacial score (nSPS) is 10.5.